The van der Waals surface area contributed by atoms with Gasteiger partial charge in [0.2, 0.25) is 0 Å². The summed E-state index contributed by atoms with van der Waals surface area (Å²) in [6.45, 7) is 5.26. The topological polar surface area (TPSA) is 85.3 Å². The molecule has 2 aromatic rings. The zero-order chi connectivity index (χ0) is 16.1. The Balaban J connectivity index is 1.90. The summed E-state index contributed by atoms with van der Waals surface area (Å²) in [4.78, 5) is 11.9. The van der Waals surface area contributed by atoms with Crippen molar-refractivity contribution in [3.05, 3.63) is 46.8 Å². The Morgan fingerprint density at radius 3 is 2.59 bits per heavy atom. The lowest BCUT2D eigenvalue weighted by Gasteiger charge is -2.14. The van der Waals surface area contributed by atoms with Gasteiger partial charge in [-0.05, 0) is 45.0 Å². The number of aromatic nitrogens is 1. The van der Waals surface area contributed by atoms with E-state index in [1.165, 1.54) is 0 Å². The number of nitriles is 1. The molecule has 0 spiro atoms. The number of hydrogen-bond donors (Lipinski definition) is 0. The lowest BCUT2D eigenvalue weighted by Crippen LogP contribution is -2.26. The van der Waals surface area contributed by atoms with Crippen LogP contribution in [-0.2, 0) is 16.1 Å². The van der Waals surface area contributed by atoms with E-state index in [0.29, 0.717) is 22.8 Å². The van der Waals surface area contributed by atoms with Crippen molar-refractivity contribution in [1.29, 1.82) is 5.26 Å². The van der Waals surface area contributed by atoms with Crippen molar-refractivity contribution in [3.63, 3.8) is 0 Å². The van der Waals surface area contributed by atoms with Crippen molar-refractivity contribution in [3.8, 4) is 11.8 Å². The number of aryl methyl sites for hydroxylation is 2. The molecule has 1 aromatic heterocycles. The van der Waals surface area contributed by atoms with E-state index in [1.807, 2.05) is 6.07 Å². The molecule has 0 saturated heterocycles. The molecule has 0 aliphatic carbocycles. The van der Waals surface area contributed by atoms with E-state index in [9.17, 15) is 4.79 Å². The molecule has 6 heteroatoms. The van der Waals surface area contributed by atoms with Crippen molar-refractivity contribution in [1.82, 2.24) is 5.16 Å². The quantitative estimate of drug-likeness (QED) is 0.789. The molecule has 6 nitrogen and oxygen atoms in total. The van der Waals surface area contributed by atoms with Gasteiger partial charge in [0.25, 0.3) is 0 Å². The predicted molar refractivity (Wildman–Crippen MR) is 77.0 cm³/mol. The zero-order valence-corrected chi connectivity index (χ0v) is 12.6. The molecule has 22 heavy (non-hydrogen) atoms. The highest BCUT2D eigenvalue weighted by Gasteiger charge is 2.18. The molecule has 0 radical (unpaired) electrons. The Bertz CT molecular complexity index is 678. The Morgan fingerprint density at radius 2 is 2.05 bits per heavy atom. The fourth-order valence-corrected chi connectivity index (χ4v) is 1.83. The molecule has 114 valence electrons. The predicted octanol–water partition coefficient (Wildman–Crippen LogP) is 2.67. The van der Waals surface area contributed by atoms with Crippen LogP contribution in [0.1, 0.15) is 29.5 Å². The summed E-state index contributed by atoms with van der Waals surface area (Å²) in [6.07, 6.45) is -0.756. The van der Waals surface area contributed by atoms with Crippen LogP contribution in [0.2, 0.25) is 0 Å². The molecular weight excluding hydrogens is 284 g/mol. The van der Waals surface area contributed by atoms with Gasteiger partial charge in [-0.3, -0.25) is 0 Å². The molecule has 0 aliphatic heterocycles. The zero-order valence-electron chi connectivity index (χ0n) is 12.6. The van der Waals surface area contributed by atoms with E-state index in [2.05, 4.69) is 5.16 Å². The van der Waals surface area contributed by atoms with Crippen molar-refractivity contribution < 1.29 is 18.8 Å². The van der Waals surface area contributed by atoms with E-state index in [4.69, 9.17) is 19.3 Å². The summed E-state index contributed by atoms with van der Waals surface area (Å²) >= 11 is 0. The van der Waals surface area contributed by atoms with Gasteiger partial charge in [0.15, 0.2) is 6.10 Å². The minimum absolute atomic E-state index is 0.0983. The largest absolute Gasteiger partial charge is 0.479 e. The van der Waals surface area contributed by atoms with Gasteiger partial charge in [0, 0.05) is 0 Å². The highest BCUT2D eigenvalue weighted by Crippen LogP contribution is 2.16. The maximum absolute atomic E-state index is 11.9. The third-order valence-corrected chi connectivity index (χ3v) is 3.17. The minimum atomic E-state index is -0.756. The lowest BCUT2D eigenvalue weighted by molar-refractivity contribution is -0.152. The van der Waals surface area contributed by atoms with Gasteiger partial charge in [0.1, 0.15) is 18.1 Å². The number of carbonyl (C=O) groups is 1. The first-order valence-corrected chi connectivity index (χ1v) is 6.76. The number of carbonyl (C=O) groups excluding carboxylic acids is 1. The first kappa shape index (κ1) is 15.6. The SMILES string of the molecule is Cc1noc(C)c1COC(=O)[C@@H](C)Oc1ccc(C#N)cc1. The molecule has 0 saturated carbocycles. The summed E-state index contributed by atoms with van der Waals surface area (Å²) in [5.74, 6) is 0.649. The summed E-state index contributed by atoms with van der Waals surface area (Å²) in [6, 6.07) is 8.53. The molecule has 1 atom stereocenters. The maximum atomic E-state index is 11.9. The van der Waals surface area contributed by atoms with E-state index in [1.54, 1.807) is 45.0 Å². The molecule has 0 amide bonds. The molecule has 0 unspecified atom stereocenters. The van der Waals surface area contributed by atoms with Crippen LogP contribution in [0.25, 0.3) is 0 Å². The van der Waals surface area contributed by atoms with Crippen LogP contribution < -0.4 is 4.74 Å². The van der Waals surface area contributed by atoms with Crippen molar-refractivity contribution >= 4 is 5.97 Å². The summed E-state index contributed by atoms with van der Waals surface area (Å²) < 4.78 is 15.7. The van der Waals surface area contributed by atoms with Crippen LogP contribution >= 0.6 is 0 Å². The number of nitrogens with zero attached hydrogens (tertiary/aromatic N) is 2. The number of ether oxygens (including phenoxy) is 2. The standard InChI is InChI=1S/C16H16N2O4/c1-10-15(11(2)22-18-10)9-20-16(19)12(3)21-14-6-4-13(8-17)5-7-14/h4-7,12H,9H2,1-3H3/t12-/m1/s1. The number of esters is 1. The van der Waals surface area contributed by atoms with Gasteiger partial charge >= 0.3 is 5.97 Å². The third kappa shape index (κ3) is 3.64. The van der Waals surface area contributed by atoms with Crippen LogP contribution in [-0.4, -0.2) is 17.2 Å². The molecule has 0 bridgehead atoms. The number of benzene rings is 1. The number of hydrogen-bond acceptors (Lipinski definition) is 6. The van der Waals surface area contributed by atoms with Crippen molar-refractivity contribution in [2.24, 2.45) is 0 Å². The van der Waals surface area contributed by atoms with E-state index >= 15 is 0 Å². The van der Waals surface area contributed by atoms with E-state index in [-0.39, 0.29) is 6.61 Å². The third-order valence-electron chi connectivity index (χ3n) is 3.17. The monoisotopic (exact) mass is 300 g/mol. The van der Waals surface area contributed by atoms with Gasteiger partial charge < -0.3 is 14.0 Å². The fourth-order valence-electron chi connectivity index (χ4n) is 1.83. The first-order valence-electron chi connectivity index (χ1n) is 6.76. The van der Waals surface area contributed by atoms with E-state index < -0.39 is 12.1 Å². The molecule has 0 fully saturated rings. The molecule has 1 heterocycles. The maximum Gasteiger partial charge on any atom is 0.347 e. The highest BCUT2D eigenvalue weighted by atomic mass is 16.6. The summed E-state index contributed by atoms with van der Waals surface area (Å²) in [7, 11) is 0. The lowest BCUT2D eigenvalue weighted by atomic mass is 10.2. The van der Waals surface area contributed by atoms with Crippen LogP contribution in [0, 0.1) is 25.2 Å². The summed E-state index contributed by atoms with van der Waals surface area (Å²) in [5.41, 5.74) is 1.99. The Kier molecular flexibility index (Phi) is 4.79. The molecule has 1 aromatic carbocycles. The summed E-state index contributed by atoms with van der Waals surface area (Å²) in [5, 5.41) is 12.5. The van der Waals surface area contributed by atoms with Gasteiger partial charge in [-0.15, -0.1) is 0 Å². The van der Waals surface area contributed by atoms with Gasteiger partial charge in [0.05, 0.1) is 22.9 Å². The smallest absolute Gasteiger partial charge is 0.347 e. The molecule has 0 N–H and O–H groups in total. The molecule has 0 aliphatic rings. The first-order chi connectivity index (χ1) is 10.5. The Hall–Kier alpha value is -2.81. The van der Waals surface area contributed by atoms with Gasteiger partial charge in [-0.1, -0.05) is 5.16 Å². The normalized spacial score (nSPS) is 11.5. The highest BCUT2D eigenvalue weighted by molar-refractivity contribution is 5.74. The molecular formula is C16H16N2O4. The average molecular weight is 300 g/mol. The van der Waals surface area contributed by atoms with Crippen LogP contribution in [0.3, 0.4) is 0 Å². The van der Waals surface area contributed by atoms with Gasteiger partial charge in [-0.2, -0.15) is 5.26 Å². The second kappa shape index (κ2) is 6.76. The van der Waals surface area contributed by atoms with Crippen molar-refractivity contribution in [2.45, 2.75) is 33.5 Å². The van der Waals surface area contributed by atoms with Crippen LogP contribution in [0.15, 0.2) is 28.8 Å². The minimum Gasteiger partial charge on any atom is -0.479 e. The average Bonchev–Trinajstić information content (AvgIpc) is 2.84. The van der Waals surface area contributed by atoms with E-state index in [0.717, 1.165) is 5.56 Å². The fraction of sp³-hybridized carbons (Fsp3) is 0.312. The Morgan fingerprint density at radius 1 is 1.36 bits per heavy atom. The number of rotatable bonds is 5. The second-order valence-electron chi connectivity index (χ2n) is 4.81. The van der Waals surface area contributed by atoms with Crippen LogP contribution in [0.5, 0.6) is 5.75 Å². The molecule has 2 rings (SSSR count). The van der Waals surface area contributed by atoms with Crippen molar-refractivity contribution in [2.75, 3.05) is 0 Å². The van der Waals surface area contributed by atoms with Gasteiger partial charge in [-0.25, -0.2) is 4.79 Å². The Labute approximate surface area is 128 Å². The second-order valence-corrected chi connectivity index (χ2v) is 4.81. The van der Waals surface area contributed by atoms with Crippen LogP contribution in [0.4, 0.5) is 0 Å².